The van der Waals surface area contributed by atoms with Crippen LogP contribution in [0, 0.1) is 6.92 Å². The van der Waals surface area contributed by atoms with Crippen molar-refractivity contribution in [2.45, 2.75) is 32.9 Å². The molecule has 1 aromatic rings. The van der Waals surface area contributed by atoms with E-state index in [9.17, 15) is 4.79 Å². The van der Waals surface area contributed by atoms with E-state index in [1.165, 1.54) is 0 Å². The highest BCUT2D eigenvalue weighted by Gasteiger charge is 2.36. The van der Waals surface area contributed by atoms with Crippen molar-refractivity contribution >= 4 is 11.9 Å². The molecule has 0 spiro atoms. The fraction of sp³-hybridized carbons (Fsp3) is 0.417. The minimum Gasteiger partial charge on any atom is -0.385 e. The van der Waals surface area contributed by atoms with Crippen molar-refractivity contribution in [1.82, 2.24) is 9.88 Å². The van der Waals surface area contributed by atoms with Gasteiger partial charge in [0.25, 0.3) is 0 Å². The Bertz CT molecular complexity index is 464. The minimum absolute atomic E-state index is 0.0543. The second-order valence-electron chi connectivity index (χ2n) is 4.46. The molecular formula is C12H16N4O. The van der Waals surface area contributed by atoms with Gasteiger partial charge >= 0.3 is 6.03 Å². The minimum atomic E-state index is -0.282. The van der Waals surface area contributed by atoms with Gasteiger partial charge in [-0.25, -0.2) is 4.79 Å². The summed E-state index contributed by atoms with van der Waals surface area (Å²) in [4.78, 5) is 21.4. The van der Waals surface area contributed by atoms with Crippen LogP contribution in [0.5, 0.6) is 0 Å². The van der Waals surface area contributed by atoms with Gasteiger partial charge in [0.05, 0.1) is 0 Å². The Hall–Kier alpha value is -1.91. The predicted octanol–water partition coefficient (Wildman–Crippen LogP) is 1.63. The molecule has 0 aromatic carbocycles. The van der Waals surface area contributed by atoms with Crippen LogP contribution in [0.15, 0.2) is 23.3 Å². The summed E-state index contributed by atoms with van der Waals surface area (Å²) in [5.41, 5.74) is 7.66. The fourth-order valence-electron chi connectivity index (χ4n) is 1.97. The SMILES string of the molecule is Cc1ccc(C2C(N)=NC(=O)N2C(C)C)cn1. The van der Waals surface area contributed by atoms with Gasteiger partial charge < -0.3 is 10.6 Å². The highest BCUT2D eigenvalue weighted by molar-refractivity contribution is 6.03. The van der Waals surface area contributed by atoms with Crippen LogP contribution in [0.3, 0.4) is 0 Å². The molecule has 17 heavy (non-hydrogen) atoms. The van der Waals surface area contributed by atoms with Crippen LogP contribution in [0.25, 0.3) is 0 Å². The summed E-state index contributed by atoms with van der Waals surface area (Å²) in [6.45, 7) is 5.81. The van der Waals surface area contributed by atoms with E-state index in [4.69, 9.17) is 5.73 Å². The molecule has 1 aromatic heterocycles. The molecule has 2 amide bonds. The number of urea groups is 1. The Labute approximate surface area is 100 Å². The zero-order chi connectivity index (χ0) is 12.6. The topological polar surface area (TPSA) is 71.6 Å². The maximum atomic E-state index is 11.7. The third kappa shape index (κ3) is 2.00. The molecule has 90 valence electrons. The predicted molar refractivity (Wildman–Crippen MR) is 65.7 cm³/mol. The first-order valence-electron chi connectivity index (χ1n) is 5.59. The molecule has 0 fully saturated rings. The zero-order valence-corrected chi connectivity index (χ0v) is 10.2. The van der Waals surface area contributed by atoms with Crippen LogP contribution in [0.2, 0.25) is 0 Å². The first-order valence-corrected chi connectivity index (χ1v) is 5.59. The molecule has 1 atom stereocenters. The van der Waals surface area contributed by atoms with Gasteiger partial charge in [-0.15, -0.1) is 0 Å². The normalized spacial score (nSPS) is 20.0. The lowest BCUT2D eigenvalue weighted by Gasteiger charge is -2.27. The van der Waals surface area contributed by atoms with Crippen molar-refractivity contribution in [2.75, 3.05) is 0 Å². The summed E-state index contributed by atoms with van der Waals surface area (Å²) in [7, 11) is 0. The maximum Gasteiger partial charge on any atom is 0.346 e. The van der Waals surface area contributed by atoms with E-state index >= 15 is 0 Å². The summed E-state index contributed by atoms with van der Waals surface area (Å²) >= 11 is 0. The molecular weight excluding hydrogens is 216 g/mol. The number of aliphatic imine (C=N–C) groups is 1. The summed E-state index contributed by atoms with van der Waals surface area (Å²) in [6, 6.07) is 3.34. The molecule has 1 aliphatic heterocycles. The number of aryl methyl sites for hydroxylation is 1. The van der Waals surface area contributed by atoms with E-state index in [2.05, 4.69) is 9.98 Å². The summed E-state index contributed by atoms with van der Waals surface area (Å²) in [5, 5.41) is 0. The lowest BCUT2D eigenvalue weighted by Crippen LogP contribution is -2.38. The maximum absolute atomic E-state index is 11.7. The zero-order valence-electron chi connectivity index (χ0n) is 10.2. The van der Waals surface area contributed by atoms with Gasteiger partial charge in [0.1, 0.15) is 11.9 Å². The molecule has 5 nitrogen and oxygen atoms in total. The number of hydrogen-bond donors (Lipinski definition) is 1. The van der Waals surface area contributed by atoms with E-state index in [1.54, 1.807) is 11.1 Å². The first-order chi connectivity index (χ1) is 8.00. The van der Waals surface area contributed by atoms with Crippen molar-refractivity contribution in [3.8, 4) is 0 Å². The summed E-state index contributed by atoms with van der Waals surface area (Å²) < 4.78 is 0. The van der Waals surface area contributed by atoms with Gasteiger partial charge in [-0.05, 0) is 26.8 Å². The van der Waals surface area contributed by atoms with Crippen LogP contribution in [0.1, 0.15) is 31.1 Å². The molecule has 2 N–H and O–H groups in total. The Morgan fingerprint density at radius 1 is 1.41 bits per heavy atom. The van der Waals surface area contributed by atoms with E-state index in [0.29, 0.717) is 5.84 Å². The van der Waals surface area contributed by atoms with Crippen LogP contribution < -0.4 is 5.73 Å². The standard InChI is InChI=1S/C12H16N4O/c1-7(2)16-10(11(13)15-12(16)17)9-5-4-8(3)14-6-9/h4-7,10H,1-3H3,(H2,13,15,17). The number of hydrogen-bond acceptors (Lipinski definition) is 3. The summed E-state index contributed by atoms with van der Waals surface area (Å²) in [5.74, 6) is 0.342. The quantitative estimate of drug-likeness (QED) is 0.842. The number of carbonyl (C=O) groups excluding carboxylic acids is 1. The molecule has 5 heteroatoms. The molecule has 0 aliphatic carbocycles. The first kappa shape index (κ1) is 11.6. The van der Waals surface area contributed by atoms with Crippen molar-refractivity contribution in [1.29, 1.82) is 0 Å². The van der Waals surface area contributed by atoms with Gasteiger partial charge in [-0.2, -0.15) is 4.99 Å². The number of carbonyl (C=O) groups is 1. The second-order valence-corrected chi connectivity index (χ2v) is 4.46. The van der Waals surface area contributed by atoms with Gasteiger partial charge in [0.2, 0.25) is 0 Å². The van der Waals surface area contributed by atoms with E-state index < -0.39 is 0 Å². The lowest BCUT2D eigenvalue weighted by atomic mass is 10.1. The van der Waals surface area contributed by atoms with Crippen LogP contribution >= 0.6 is 0 Å². The molecule has 0 radical (unpaired) electrons. The van der Waals surface area contributed by atoms with Gasteiger partial charge in [-0.3, -0.25) is 4.98 Å². The van der Waals surface area contributed by atoms with Crippen molar-refractivity contribution in [3.05, 3.63) is 29.6 Å². The number of aromatic nitrogens is 1. The molecule has 1 aliphatic rings. The second kappa shape index (κ2) is 4.16. The third-order valence-corrected chi connectivity index (χ3v) is 2.81. The summed E-state index contributed by atoms with van der Waals surface area (Å²) in [6.07, 6.45) is 1.75. The number of rotatable bonds is 2. The fourth-order valence-corrected chi connectivity index (χ4v) is 1.97. The Balaban J connectivity index is 2.39. The highest BCUT2D eigenvalue weighted by Crippen LogP contribution is 2.28. The molecule has 0 saturated carbocycles. The Morgan fingerprint density at radius 3 is 2.65 bits per heavy atom. The van der Waals surface area contributed by atoms with Gasteiger partial charge in [-0.1, -0.05) is 6.07 Å². The lowest BCUT2D eigenvalue weighted by molar-refractivity contribution is 0.190. The van der Waals surface area contributed by atoms with Crippen molar-refractivity contribution in [2.24, 2.45) is 10.7 Å². The van der Waals surface area contributed by atoms with Gasteiger partial charge in [0, 0.05) is 23.5 Å². The van der Waals surface area contributed by atoms with Crippen LogP contribution in [0.4, 0.5) is 4.79 Å². The van der Waals surface area contributed by atoms with Crippen LogP contribution in [-0.4, -0.2) is 27.8 Å². The average molecular weight is 232 g/mol. The van der Waals surface area contributed by atoms with E-state index in [1.807, 2.05) is 32.9 Å². The molecule has 2 heterocycles. The van der Waals surface area contributed by atoms with Crippen molar-refractivity contribution in [3.63, 3.8) is 0 Å². The average Bonchev–Trinajstić information content (AvgIpc) is 2.55. The number of pyridine rings is 1. The molecule has 2 rings (SSSR count). The highest BCUT2D eigenvalue weighted by atomic mass is 16.2. The number of nitrogens with zero attached hydrogens (tertiary/aromatic N) is 3. The molecule has 1 unspecified atom stereocenters. The third-order valence-electron chi connectivity index (χ3n) is 2.81. The largest absolute Gasteiger partial charge is 0.385 e. The molecule has 0 bridgehead atoms. The van der Waals surface area contributed by atoms with E-state index in [-0.39, 0.29) is 18.1 Å². The van der Waals surface area contributed by atoms with Crippen LogP contribution in [-0.2, 0) is 0 Å². The van der Waals surface area contributed by atoms with E-state index in [0.717, 1.165) is 11.3 Å². The Kier molecular flexibility index (Phi) is 2.83. The smallest absolute Gasteiger partial charge is 0.346 e. The van der Waals surface area contributed by atoms with Gasteiger partial charge in [0.15, 0.2) is 0 Å². The number of amides is 2. The monoisotopic (exact) mass is 232 g/mol. The number of amidine groups is 1. The molecule has 0 saturated heterocycles. The van der Waals surface area contributed by atoms with Crippen molar-refractivity contribution < 1.29 is 4.79 Å². The number of nitrogens with two attached hydrogens (primary N) is 1. The Morgan fingerprint density at radius 2 is 2.12 bits per heavy atom.